The standard InChI is InChI=1S/C14H17N3.C11H24.C9H10N2O/c1-9-3-4-11(7-12(9)15-2)14-16-8-13(17-14)10-5-6-10;1-5-9-11(7-3,8-4)10-6-2;1-7-2-3-11-9(4-7)8(5-10)6-12/h3-4,7,10,15H,5-6,8H2,1-2H3;5-10H2,1-4H3;2-6H,10H2,1H3/b;;8-5-. The van der Waals surface area contributed by atoms with Gasteiger partial charge in [-0.3, -0.25) is 14.8 Å². The van der Waals surface area contributed by atoms with E-state index in [0.29, 0.717) is 23.0 Å². The molecule has 0 radical (unpaired) electrons. The molecule has 1 aliphatic heterocycles. The van der Waals surface area contributed by atoms with Crippen molar-refractivity contribution in [2.24, 2.45) is 27.1 Å². The van der Waals surface area contributed by atoms with Gasteiger partial charge in [-0.15, -0.1) is 0 Å². The summed E-state index contributed by atoms with van der Waals surface area (Å²) in [7, 11) is 1.95. The average molecular weight is 546 g/mol. The van der Waals surface area contributed by atoms with Crippen LogP contribution in [0.25, 0.3) is 5.57 Å². The number of benzene rings is 1. The van der Waals surface area contributed by atoms with Crippen LogP contribution >= 0.6 is 0 Å². The molecule has 1 saturated carbocycles. The SMILES string of the molecule is CCCC(CC)(CC)CCC.CNc1cc(C2=NCC(C3CC3)=N2)ccc1C.Cc1ccnc(/C(C=O)=C\N)c1. The number of nitrogens with zero attached hydrogens (tertiary/aromatic N) is 3. The molecule has 6 nitrogen and oxygen atoms in total. The van der Waals surface area contributed by atoms with Crippen molar-refractivity contribution in [3.63, 3.8) is 0 Å². The third-order valence-electron chi connectivity index (χ3n) is 8.03. The second-order valence-electron chi connectivity index (χ2n) is 11.0. The van der Waals surface area contributed by atoms with Gasteiger partial charge in [0.2, 0.25) is 0 Å². The Morgan fingerprint density at radius 2 is 1.73 bits per heavy atom. The summed E-state index contributed by atoms with van der Waals surface area (Å²) in [5.74, 6) is 1.63. The van der Waals surface area contributed by atoms with E-state index in [1.54, 1.807) is 6.20 Å². The Morgan fingerprint density at radius 3 is 2.23 bits per heavy atom. The lowest BCUT2D eigenvalue weighted by Gasteiger charge is -2.31. The average Bonchev–Trinajstić information content (AvgIpc) is 3.71. The number of pyridine rings is 1. The summed E-state index contributed by atoms with van der Waals surface area (Å²) in [5.41, 5.74) is 12.8. The number of aromatic nitrogens is 1. The van der Waals surface area contributed by atoms with Gasteiger partial charge in [-0.25, -0.2) is 4.99 Å². The minimum atomic E-state index is 0.415. The third kappa shape index (κ3) is 9.72. The fraction of sp³-hybridized carbons (Fsp3) is 0.529. The maximum Gasteiger partial charge on any atom is 0.155 e. The van der Waals surface area contributed by atoms with Crippen molar-refractivity contribution in [1.29, 1.82) is 0 Å². The van der Waals surface area contributed by atoms with Gasteiger partial charge in [-0.1, -0.05) is 65.5 Å². The predicted molar refractivity (Wildman–Crippen MR) is 172 cm³/mol. The molecule has 1 aliphatic carbocycles. The van der Waals surface area contributed by atoms with Crippen molar-refractivity contribution < 1.29 is 4.79 Å². The van der Waals surface area contributed by atoms with Gasteiger partial charge in [0.05, 0.1) is 17.8 Å². The van der Waals surface area contributed by atoms with Gasteiger partial charge < -0.3 is 11.1 Å². The van der Waals surface area contributed by atoms with E-state index in [-0.39, 0.29) is 0 Å². The molecule has 6 heteroatoms. The zero-order valence-corrected chi connectivity index (χ0v) is 25.9. The number of aldehydes is 1. The lowest BCUT2D eigenvalue weighted by Crippen LogP contribution is -2.17. The highest BCUT2D eigenvalue weighted by molar-refractivity contribution is 6.13. The molecule has 0 spiro atoms. The highest BCUT2D eigenvalue weighted by Gasteiger charge is 2.29. The van der Waals surface area contributed by atoms with Crippen molar-refractivity contribution in [1.82, 2.24) is 4.98 Å². The Morgan fingerprint density at radius 1 is 1.05 bits per heavy atom. The van der Waals surface area contributed by atoms with Crippen molar-refractivity contribution in [3.8, 4) is 0 Å². The fourth-order valence-electron chi connectivity index (χ4n) is 5.21. The summed E-state index contributed by atoms with van der Waals surface area (Å²) < 4.78 is 0. The summed E-state index contributed by atoms with van der Waals surface area (Å²) in [4.78, 5) is 23.7. The van der Waals surface area contributed by atoms with Crippen LogP contribution in [0, 0.1) is 25.2 Å². The number of allylic oxidation sites excluding steroid dienone is 1. The van der Waals surface area contributed by atoms with E-state index in [1.165, 1.54) is 68.8 Å². The van der Waals surface area contributed by atoms with Crippen LogP contribution in [0.1, 0.15) is 101 Å². The largest absolute Gasteiger partial charge is 0.404 e. The zero-order valence-electron chi connectivity index (χ0n) is 25.9. The number of nitrogens with two attached hydrogens (primary N) is 1. The molecule has 0 unspecified atom stereocenters. The molecule has 0 atom stereocenters. The number of hydrogen-bond acceptors (Lipinski definition) is 6. The monoisotopic (exact) mass is 545 g/mol. The van der Waals surface area contributed by atoms with Crippen LogP contribution in [0.4, 0.5) is 5.69 Å². The molecule has 40 heavy (non-hydrogen) atoms. The normalized spacial score (nSPS) is 14.7. The van der Waals surface area contributed by atoms with Crippen LogP contribution < -0.4 is 11.1 Å². The number of carbonyl (C=O) groups is 1. The number of anilines is 1. The van der Waals surface area contributed by atoms with E-state index < -0.39 is 0 Å². The van der Waals surface area contributed by atoms with Crippen LogP contribution in [-0.2, 0) is 4.79 Å². The zero-order chi connectivity index (χ0) is 29.5. The van der Waals surface area contributed by atoms with Crippen LogP contribution in [0.2, 0.25) is 0 Å². The predicted octanol–water partition coefficient (Wildman–Crippen LogP) is 7.93. The quantitative estimate of drug-likeness (QED) is 0.221. The van der Waals surface area contributed by atoms with Crippen LogP contribution in [0.15, 0.2) is 52.7 Å². The van der Waals surface area contributed by atoms with Gasteiger partial charge in [-0.2, -0.15) is 0 Å². The summed E-state index contributed by atoms with van der Waals surface area (Å²) in [6.45, 7) is 14.1. The van der Waals surface area contributed by atoms with Gasteiger partial charge in [0.1, 0.15) is 0 Å². The smallest absolute Gasteiger partial charge is 0.155 e. The molecule has 3 N–H and O–H groups in total. The fourth-order valence-corrected chi connectivity index (χ4v) is 5.21. The first-order chi connectivity index (χ1) is 19.3. The van der Waals surface area contributed by atoms with E-state index in [0.717, 1.165) is 35.1 Å². The molecule has 2 aromatic rings. The van der Waals surface area contributed by atoms with Crippen LogP contribution in [0.3, 0.4) is 0 Å². The maximum atomic E-state index is 10.5. The molecule has 1 aromatic heterocycles. The molecule has 2 aliphatic rings. The molecular weight excluding hydrogens is 494 g/mol. The number of hydrogen-bond donors (Lipinski definition) is 2. The second-order valence-corrected chi connectivity index (χ2v) is 11.0. The Kier molecular flexibility index (Phi) is 13.8. The van der Waals surface area contributed by atoms with E-state index in [2.05, 4.69) is 73.1 Å². The molecule has 0 amide bonds. The first kappa shape index (κ1) is 32.9. The van der Waals surface area contributed by atoms with E-state index in [9.17, 15) is 4.79 Å². The third-order valence-corrected chi connectivity index (χ3v) is 8.03. The molecule has 1 fully saturated rings. The molecule has 0 saturated heterocycles. The van der Waals surface area contributed by atoms with Gasteiger partial charge in [0, 0.05) is 36.4 Å². The molecule has 1 aromatic carbocycles. The van der Waals surface area contributed by atoms with Crippen LogP contribution in [0.5, 0.6) is 0 Å². The first-order valence-corrected chi connectivity index (χ1v) is 15.0. The lowest BCUT2D eigenvalue weighted by molar-refractivity contribution is -0.103. The van der Waals surface area contributed by atoms with Gasteiger partial charge >= 0.3 is 0 Å². The summed E-state index contributed by atoms with van der Waals surface area (Å²) in [5, 5.41) is 3.20. The number of nitrogens with one attached hydrogen (secondary N) is 1. The van der Waals surface area contributed by atoms with Crippen molar-refractivity contribution >= 4 is 29.1 Å². The van der Waals surface area contributed by atoms with Crippen molar-refractivity contribution in [2.75, 3.05) is 18.9 Å². The summed E-state index contributed by atoms with van der Waals surface area (Å²) in [6, 6.07) is 10.0. The number of aryl methyl sites for hydroxylation is 2. The Hall–Kier alpha value is -3.28. The van der Waals surface area contributed by atoms with Gasteiger partial charge in [-0.05, 0) is 80.2 Å². The minimum Gasteiger partial charge on any atom is -0.404 e. The number of amidine groups is 1. The van der Waals surface area contributed by atoms with E-state index >= 15 is 0 Å². The van der Waals surface area contributed by atoms with Gasteiger partial charge in [0.15, 0.2) is 12.1 Å². The summed E-state index contributed by atoms with van der Waals surface area (Å²) >= 11 is 0. The van der Waals surface area contributed by atoms with Crippen molar-refractivity contribution in [3.05, 3.63) is 65.1 Å². The maximum absolute atomic E-state index is 10.5. The molecule has 218 valence electrons. The minimum absolute atomic E-state index is 0.415. The second kappa shape index (κ2) is 16.7. The topological polar surface area (TPSA) is 92.7 Å². The Bertz CT molecular complexity index is 1160. The van der Waals surface area contributed by atoms with Gasteiger partial charge in [0.25, 0.3) is 0 Å². The molecule has 4 rings (SSSR count). The van der Waals surface area contributed by atoms with E-state index in [4.69, 9.17) is 5.73 Å². The number of rotatable bonds is 11. The first-order valence-electron chi connectivity index (χ1n) is 15.0. The highest BCUT2D eigenvalue weighted by Crippen LogP contribution is 2.36. The molecule has 0 bridgehead atoms. The number of aliphatic imine (C=N–C) groups is 2. The van der Waals surface area contributed by atoms with Crippen molar-refractivity contribution in [2.45, 2.75) is 92.9 Å². The lowest BCUT2D eigenvalue weighted by atomic mass is 9.75. The highest BCUT2D eigenvalue weighted by atomic mass is 16.1. The van der Waals surface area contributed by atoms with E-state index in [1.807, 2.05) is 26.1 Å². The number of carbonyl (C=O) groups excluding carboxylic acids is 1. The summed E-state index contributed by atoms with van der Waals surface area (Å²) in [6.07, 6.45) is 14.5. The van der Waals surface area contributed by atoms with Crippen LogP contribution in [-0.4, -0.2) is 36.4 Å². The Labute approximate surface area is 242 Å². The Balaban J connectivity index is 0.000000219. The molecule has 2 heterocycles. The molecular formula is C34H51N5O.